The van der Waals surface area contributed by atoms with Gasteiger partial charge in [-0.1, -0.05) is 30.7 Å². The van der Waals surface area contributed by atoms with Crippen LogP contribution in [0.1, 0.15) is 55.3 Å². The van der Waals surface area contributed by atoms with E-state index in [0.717, 1.165) is 95.9 Å². The third-order valence-corrected chi connectivity index (χ3v) is 7.32. The predicted molar refractivity (Wildman–Crippen MR) is 148 cm³/mol. The number of aromatic amines is 1. The topological polar surface area (TPSA) is 127 Å². The number of H-pyrrole nitrogens is 1. The number of rotatable bonds is 12. The minimum atomic E-state index is 0.0628. The minimum absolute atomic E-state index is 0.0628. The second-order valence-electron chi connectivity index (χ2n) is 9.94. The molecule has 2 heterocycles. The molecular weight excluding hydrogens is 448 g/mol. The summed E-state index contributed by atoms with van der Waals surface area (Å²) in [6.07, 6.45) is 6.68. The van der Waals surface area contributed by atoms with Crippen LogP contribution in [0.5, 0.6) is 0 Å². The van der Waals surface area contributed by atoms with E-state index in [1.807, 2.05) is 41.3 Å². The van der Waals surface area contributed by atoms with Crippen LogP contribution in [0.3, 0.4) is 0 Å². The average Bonchev–Trinajstić information content (AvgIpc) is 3.44. The average molecular weight is 485 g/mol. The molecule has 0 saturated carbocycles. The van der Waals surface area contributed by atoms with Crippen molar-refractivity contribution < 1.29 is 4.79 Å². The molecule has 0 bridgehead atoms. The number of nitrogens with one attached hydrogen (secondary N) is 1. The maximum Gasteiger partial charge on any atom is 0.258 e. The van der Waals surface area contributed by atoms with Gasteiger partial charge in [-0.25, -0.2) is 4.98 Å². The van der Waals surface area contributed by atoms with Crippen LogP contribution in [0.25, 0.3) is 33.2 Å². The highest BCUT2D eigenvalue weighted by atomic mass is 16.2. The van der Waals surface area contributed by atoms with Crippen molar-refractivity contribution in [1.82, 2.24) is 9.97 Å². The molecule has 3 aromatic carbocycles. The maximum atomic E-state index is 13.3. The molecule has 0 fully saturated rings. The number of aromatic nitrogens is 2. The number of hydrogen-bond acceptors (Lipinski definition) is 5. The second kappa shape index (κ2) is 10.8. The summed E-state index contributed by atoms with van der Waals surface area (Å²) < 4.78 is 0. The highest BCUT2D eigenvalue weighted by molar-refractivity contribution is 6.26. The summed E-state index contributed by atoms with van der Waals surface area (Å²) in [5.74, 6) is 0.880. The number of unbranched alkanes of at least 4 members (excludes halogenated alkanes) is 1. The molecule has 1 aliphatic rings. The molecule has 4 aromatic rings. The molecule has 7 heteroatoms. The Morgan fingerprint density at radius 3 is 2.39 bits per heavy atom. The Labute approximate surface area is 212 Å². The zero-order valence-electron chi connectivity index (χ0n) is 20.7. The summed E-state index contributed by atoms with van der Waals surface area (Å²) in [4.78, 5) is 23.5. The van der Waals surface area contributed by atoms with Crippen molar-refractivity contribution in [3.8, 4) is 11.4 Å². The first kappa shape index (κ1) is 24.4. The van der Waals surface area contributed by atoms with Gasteiger partial charge in [-0.15, -0.1) is 0 Å². The quantitative estimate of drug-likeness (QED) is 0.217. The molecule has 2 atom stereocenters. The Bertz CT molecular complexity index is 1330. The molecule has 7 nitrogen and oxygen atoms in total. The van der Waals surface area contributed by atoms with E-state index >= 15 is 0 Å². The third-order valence-electron chi connectivity index (χ3n) is 7.32. The fraction of sp³-hybridized carbons (Fsp3) is 0.379. The van der Waals surface area contributed by atoms with E-state index in [1.54, 1.807) is 0 Å². The number of hydrogen-bond donors (Lipinski definition) is 4. The molecule has 36 heavy (non-hydrogen) atoms. The fourth-order valence-corrected chi connectivity index (χ4v) is 5.33. The predicted octanol–water partition coefficient (Wildman–Crippen LogP) is 4.69. The largest absolute Gasteiger partial charge is 0.338 e. The number of carbonyl (C=O) groups excluding carboxylic acids is 1. The summed E-state index contributed by atoms with van der Waals surface area (Å²) in [6.45, 7) is 1.38. The maximum absolute atomic E-state index is 13.3. The van der Waals surface area contributed by atoms with Gasteiger partial charge in [0.15, 0.2) is 0 Å². The van der Waals surface area contributed by atoms with Gasteiger partial charge in [0.05, 0.1) is 16.7 Å². The summed E-state index contributed by atoms with van der Waals surface area (Å²) in [7, 11) is 0. The van der Waals surface area contributed by atoms with Gasteiger partial charge >= 0.3 is 0 Å². The minimum Gasteiger partial charge on any atom is -0.338 e. The summed E-state index contributed by atoms with van der Waals surface area (Å²) >= 11 is 0. The van der Waals surface area contributed by atoms with Crippen molar-refractivity contribution in [3.63, 3.8) is 0 Å². The van der Waals surface area contributed by atoms with Crippen molar-refractivity contribution in [2.24, 2.45) is 17.2 Å². The van der Waals surface area contributed by atoms with Crippen LogP contribution in [0.15, 0.2) is 54.6 Å². The Balaban J connectivity index is 1.27. The Kier molecular flexibility index (Phi) is 7.32. The number of anilines is 1. The molecule has 0 spiro atoms. The second-order valence-corrected chi connectivity index (χ2v) is 9.94. The van der Waals surface area contributed by atoms with Crippen LogP contribution in [0.4, 0.5) is 5.69 Å². The zero-order valence-corrected chi connectivity index (χ0v) is 20.7. The first-order valence-corrected chi connectivity index (χ1v) is 13.1. The Hall–Kier alpha value is -3.26. The van der Waals surface area contributed by atoms with Crippen LogP contribution in [0, 0.1) is 0 Å². The highest BCUT2D eigenvalue weighted by Crippen LogP contribution is 2.41. The number of carbonyl (C=O) groups is 1. The van der Waals surface area contributed by atoms with Crippen LogP contribution in [-0.2, 0) is 0 Å². The summed E-state index contributed by atoms with van der Waals surface area (Å²) in [6, 6.07) is 18.4. The van der Waals surface area contributed by atoms with Crippen LogP contribution in [0.2, 0.25) is 0 Å². The number of amides is 1. The van der Waals surface area contributed by atoms with Gasteiger partial charge in [0, 0.05) is 35.1 Å². The fourth-order valence-electron chi connectivity index (χ4n) is 5.33. The lowest BCUT2D eigenvalue weighted by Crippen LogP contribution is -2.30. The number of imidazole rings is 1. The lowest BCUT2D eigenvalue weighted by atomic mass is 9.99. The number of benzene rings is 3. The van der Waals surface area contributed by atoms with Gasteiger partial charge in [0.1, 0.15) is 5.82 Å². The number of nitrogens with two attached hydrogens (primary N) is 3. The van der Waals surface area contributed by atoms with E-state index in [-0.39, 0.29) is 18.0 Å². The van der Waals surface area contributed by atoms with Crippen molar-refractivity contribution in [2.75, 3.05) is 18.0 Å². The molecule has 1 amide bonds. The molecule has 2 unspecified atom stereocenters. The molecule has 188 valence electrons. The standard InChI is InChI=1S/C29H36N6O/c30-17-4-3-7-19(31)13-14-20(32)8-6-18-35-26-16-15-22(21-9-5-10-23(27(21)26)29(35)36)28-33-24-11-1-2-12-25(24)34-28/h1-2,5,9-12,15-16,19-20H,3-4,6-8,13-14,17-18,30-32H2,(H,33,34). The van der Waals surface area contributed by atoms with Crippen molar-refractivity contribution >= 4 is 33.4 Å². The van der Waals surface area contributed by atoms with E-state index < -0.39 is 0 Å². The third kappa shape index (κ3) is 4.87. The summed E-state index contributed by atoms with van der Waals surface area (Å²) in [5, 5.41) is 2.05. The lowest BCUT2D eigenvalue weighted by molar-refractivity contribution is 0.0992. The molecule has 0 aliphatic carbocycles. The molecular formula is C29H36N6O. The molecule has 0 saturated heterocycles. The Morgan fingerprint density at radius 1 is 0.833 bits per heavy atom. The van der Waals surface area contributed by atoms with Gasteiger partial charge in [-0.05, 0) is 80.8 Å². The highest BCUT2D eigenvalue weighted by Gasteiger charge is 2.30. The van der Waals surface area contributed by atoms with Gasteiger partial charge in [0.25, 0.3) is 5.91 Å². The van der Waals surface area contributed by atoms with E-state index in [9.17, 15) is 4.79 Å². The first-order valence-electron chi connectivity index (χ1n) is 13.1. The van der Waals surface area contributed by atoms with Crippen molar-refractivity contribution in [2.45, 2.75) is 57.0 Å². The van der Waals surface area contributed by atoms with Gasteiger partial charge in [-0.2, -0.15) is 0 Å². The van der Waals surface area contributed by atoms with E-state index in [1.165, 1.54) is 0 Å². The van der Waals surface area contributed by atoms with E-state index in [4.69, 9.17) is 22.2 Å². The number of para-hydroxylation sites is 2. The van der Waals surface area contributed by atoms with Crippen molar-refractivity contribution in [3.05, 3.63) is 60.2 Å². The molecule has 7 N–H and O–H groups in total. The smallest absolute Gasteiger partial charge is 0.258 e. The Morgan fingerprint density at radius 2 is 1.61 bits per heavy atom. The van der Waals surface area contributed by atoms with Crippen LogP contribution >= 0.6 is 0 Å². The van der Waals surface area contributed by atoms with E-state index in [2.05, 4.69) is 23.2 Å². The summed E-state index contributed by atoms with van der Waals surface area (Å²) in [5.41, 5.74) is 22.8. The molecule has 1 aliphatic heterocycles. The number of fused-ring (bicyclic) bond motifs is 1. The van der Waals surface area contributed by atoms with Crippen molar-refractivity contribution in [1.29, 1.82) is 0 Å². The molecule has 1 aromatic heterocycles. The molecule has 0 radical (unpaired) electrons. The zero-order chi connectivity index (χ0) is 25.1. The number of nitrogens with zero attached hydrogens (tertiary/aromatic N) is 2. The van der Waals surface area contributed by atoms with Gasteiger partial charge in [0.2, 0.25) is 0 Å². The van der Waals surface area contributed by atoms with Crippen LogP contribution in [-0.4, -0.2) is 41.0 Å². The molecule has 5 rings (SSSR count). The van der Waals surface area contributed by atoms with E-state index in [0.29, 0.717) is 6.54 Å². The van der Waals surface area contributed by atoms with Gasteiger partial charge in [-0.3, -0.25) is 4.79 Å². The van der Waals surface area contributed by atoms with Crippen LogP contribution < -0.4 is 22.1 Å². The normalized spacial score (nSPS) is 14.8. The van der Waals surface area contributed by atoms with Gasteiger partial charge < -0.3 is 27.1 Å². The lowest BCUT2D eigenvalue weighted by Gasteiger charge is -2.20. The monoisotopic (exact) mass is 484 g/mol. The first-order chi connectivity index (χ1) is 17.6. The SMILES string of the molecule is NCCCCC(N)CCC(N)CCCN1C(=O)c2cccc3c(-c4nc5ccccc5[nH]4)ccc1c23.